The second-order valence-corrected chi connectivity index (χ2v) is 4.94. The third kappa shape index (κ3) is 3.48. The summed E-state index contributed by atoms with van der Waals surface area (Å²) in [7, 11) is 0. The number of carboxylic acid groups (broad SMARTS) is 1. The van der Waals surface area contributed by atoms with Gasteiger partial charge in [-0.3, -0.25) is 0 Å². The van der Waals surface area contributed by atoms with E-state index in [4.69, 9.17) is 0 Å². The summed E-state index contributed by atoms with van der Waals surface area (Å²) in [5, 5.41) is 39.3. The molecule has 0 aliphatic rings. The smallest absolute Gasteiger partial charge is 0.339 e. The van der Waals surface area contributed by atoms with E-state index in [0.29, 0.717) is 30.5 Å². The predicted octanol–water partition coefficient (Wildman–Crippen LogP) is 0.845. The quantitative estimate of drug-likeness (QED) is 0.562. The highest BCUT2D eigenvalue weighted by molar-refractivity contribution is 5.95. The molecule has 4 N–H and O–H groups in total. The van der Waals surface area contributed by atoms with Crippen molar-refractivity contribution in [1.82, 2.24) is 10.2 Å². The van der Waals surface area contributed by atoms with Crippen molar-refractivity contribution in [3.63, 3.8) is 0 Å². The van der Waals surface area contributed by atoms with Crippen LogP contribution in [0.25, 0.3) is 0 Å². The predicted molar refractivity (Wildman–Crippen MR) is 78.6 cm³/mol. The lowest BCUT2D eigenvalue weighted by Gasteiger charge is -2.31. The van der Waals surface area contributed by atoms with Gasteiger partial charge in [0.25, 0.3) is 0 Å². The number of carbonyl (C=O) groups is 1. The van der Waals surface area contributed by atoms with Crippen molar-refractivity contribution in [1.29, 1.82) is 0 Å². The lowest BCUT2D eigenvalue weighted by Crippen LogP contribution is -2.46. The molecule has 0 aromatic carbocycles. The number of rotatable bonds is 8. The third-order valence-corrected chi connectivity index (χ3v) is 3.73. The molecular weight excluding hydrogens is 274 g/mol. The van der Waals surface area contributed by atoms with Gasteiger partial charge in [-0.05, 0) is 24.8 Å². The van der Waals surface area contributed by atoms with E-state index in [-0.39, 0.29) is 24.6 Å². The van der Waals surface area contributed by atoms with E-state index in [2.05, 4.69) is 15.5 Å². The highest BCUT2D eigenvalue weighted by Crippen LogP contribution is 2.25. The van der Waals surface area contributed by atoms with E-state index >= 15 is 0 Å². The minimum Gasteiger partial charge on any atom is -0.478 e. The number of carboxylic acids is 1. The first-order valence-corrected chi connectivity index (χ1v) is 7.10. The second-order valence-electron chi connectivity index (χ2n) is 4.94. The molecule has 0 bridgehead atoms. The standard InChI is InChI=1S/C14H23N3O4/c1-4-9-10(5-2)16-17-12(11(9)13(20)21)15-14(6-3,7-18)8-19/h18-19H,4-8H2,1-3H3,(H,15,17)(H,20,21). The highest BCUT2D eigenvalue weighted by Gasteiger charge is 2.30. The van der Waals surface area contributed by atoms with Crippen LogP contribution in [0, 0.1) is 0 Å². The van der Waals surface area contributed by atoms with Crippen molar-refractivity contribution >= 4 is 11.8 Å². The van der Waals surface area contributed by atoms with Crippen molar-refractivity contribution in [2.45, 2.75) is 45.6 Å². The largest absolute Gasteiger partial charge is 0.478 e. The van der Waals surface area contributed by atoms with Crippen molar-refractivity contribution in [3.8, 4) is 0 Å². The van der Waals surface area contributed by atoms with Crippen LogP contribution in [0.4, 0.5) is 5.82 Å². The van der Waals surface area contributed by atoms with E-state index in [1.807, 2.05) is 13.8 Å². The molecule has 0 fully saturated rings. The zero-order valence-electron chi connectivity index (χ0n) is 12.7. The first-order chi connectivity index (χ1) is 9.98. The molecule has 7 heteroatoms. The summed E-state index contributed by atoms with van der Waals surface area (Å²) in [6.45, 7) is 4.86. The van der Waals surface area contributed by atoms with Crippen LogP contribution in [0.3, 0.4) is 0 Å². The van der Waals surface area contributed by atoms with Gasteiger partial charge in [-0.2, -0.15) is 5.10 Å². The number of nitrogens with one attached hydrogen (secondary N) is 1. The fourth-order valence-corrected chi connectivity index (χ4v) is 2.18. The Morgan fingerprint density at radius 3 is 2.14 bits per heavy atom. The fraction of sp³-hybridized carbons (Fsp3) is 0.643. The molecular formula is C14H23N3O4. The van der Waals surface area contributed by atoms with E-state index in [9.17, 15) is 20.1 Å². The molecule has 0 amide bonds. The molecule has 0 unspecified atom stereocenters. The van der Waals surface area contributed by atoms with Crippen LogP contribution < -0.4 is 5.32 Å². The molecule has 1 aromatic heterocycles. The zero-order valence-corrected chi connectivity index (χ0v) is 12.7. The molecule has 0 saturated heterocycles. The molecule has 7 nitrogen and oxygen atoms in total. The van der Waals surface area contributed by atoms with E-state index in [0.717, 1.165) is 0 Å². The first-order valence-electron chi connectivity index (χ1n) is 7.10. The Morgan fingerprint density at radius 1 is 1.14 bits per heavy atom. The SMILES string of the molecule is CCc1nnc(NC(CC)(CO)CO)c(C(=O)O)c1CC. The number of aliphatic hydroxyl groups excluding tert-OH is 2. The number of aromatic nitrogens is 2. The summed E-state index contributed by atoms with van der Waals surface area (Å²) in [6.07, 6.45) is 1.53. The summed E-state index contributed by atoms with van der Waals surface area (Å²) >= 11 is 0. The first kappa shape index (κ1) is 17.3. The highest BCUT2D eigenvalue weighted by atomic mass is 16.4. The summed E-state index contributed by atoms with van der Waals surface area (Å²) in [5.41, 5.74) is 0.320. The van der Waals surface area contributed by atoms with E-state index in [1.54, 1.807) is 6.92 Å². The van der Waals surface area contributed by atoms with Gasteiger partial charge in [0.05, 0.1) is 24.4 Å². The average Bonchev–Trinajstić information content (AvgIpc) is 2.51. The topological polar surface area (TPSA) is 116 Å². The van der Waals surface area contributed by atoms with Gasteiger partial charge in [0, 0.05) is 0 Å². The molecule has 118 valence electrons. The maximum absolute atomic E-state index is 11.6. The maximum Gasteiger partial charge on any atom is 0.339 e. The number of aryl methyl sites for hydroxylation is 1. The second kappa shape index (κ2) is 7.33. The Balaban J connectivity index is 3.39. The number of aromatic carboxylic acids is 1. The van der Waals surface area contributed by atoms with Gasteiger partial charge in [0.1, 0.15) is 5.56 Å². The van der Waals surface area contributed by atoms with Crippen LogP contribution >= 0.6 is 0 Å². The summed E-state index contributed by atoms with van der Waals surface area (Å²) in [5.74, 6) is -1.01. The fourth-order valence-electron chi connectivity index (χ4n) is 2.18. The van der Waals surface area contributed by atoms with Crippen LogP contribution in [-0.4, -0.2) is 50.2 Å². The number of nitrogens with zero attached hydrogens (tertiary/aromatic N) is 2. The molecule has 0 radical (unpaired) electrons. The van der Waals surface area contributed by atoms with Gasteiger partial charge in [-0.15, -0.1) is 5.10 Å². The Hall–Kier alpha value is -1.73. The molecule has 0 aliphatic heterocycles. The van der Waals surface area contributed by atoms with E-state index in [1.165, 1.54) is 0 Å². The maximum atomic E-state index is 11.6. The van der Waals surface area contributed by atoms with Gasteiger partial charge in [0.2, 0.25) is 0 Å². The average molecular weight is 297 g/mol. The molecule has 21 heavy (non-hydrogen) atoms. The molecule has 0 atom stereocenters. The molecule has 1 heterocycles. The molecule has 1 rings (SSSR count). The normalized spacial score (nSPS) is 11.5. The van der Waals surface area contributed by atoms with Gasteiger partial charge in [-0.25, -0.2) is 4.79 Å². The number of anilines is 1. The molecule has 0 saturated carbocycles. The van der Waals surface area contributed by atoms with Crippen molar-refractivity contribution in [3.05, 3.63) is 16.8 Å². The van der Waals surface area contributed by atoms with Crippen LogP contribution in [0.1, 0.15) is 48.8 Å². The van der Waals surface area contributed by atoms with Crippen LogP contribution in [0.2, 0.25) is 0 Å². The Labute approximate surface area is 124 Å². The molecule has 0 spiro atoms. The van der Waals surface area contributed by atoms with Crippen LogP contribution in [-0.2, 0) is 12.8 Å². The van der Waals surface area contributed by atoms with Gasteiger partial charge in [-0.1, -0.05) is 20.8 Å². The van der Waals surface area contributed by atoms with Gasteiger partial charge >= 0.3 is 5.97 Å². The van der Waals surface area contributed by atoms with Crippen molar-refractivity contribution in [2.24, 2.45) is 0 Å². The summed E-state index contributed by atoms with van der Waals surface area (Å²) in [4.78, 5) is 11.6. The lowest BCUT2D eigenvalue weighted by molar-refractivity contribution is 0.0694. The monoisotopic (exact) mass is 297 g/mol. The van der Waals surface area contributed by atoms with Gasteiger partial charge in [0.15, 0.2) is 5.82 Å². The minimum absolute atomic E-state index is 0.0593. The van der Waals surface area contributed by atoms with Crippen LogP contribution in [0.5, 0.6) is 0 Å². The number of hydrogen-bond donors (Lipinski definition) is 4. The Morgan fingerprint density at radius 2 is 1.76 bits per heavy atom. The third-order valence-electron chi connectivity index (χ3n) is 3.73. The Kier molecular flexibility index (Phi) is 6.04. The van der Waals surface area contributed by atoms with Crippen molar-refractivity contribution in [2.75, 3.05) is 18.5 Å². The Bertz CT molecular complexity index is 493. The zero-order chi connectivity index (χ0) is 16.0. The molecule has 0 aliphatic carbocycles. The van der Waals surface area contributed by atoms with Crippen LogP contribution in [0.15, 0.2) is 0 Å². The van der Waals surface area contributed by atoms with Gasteiger partial charge < -0.3 is 20.6 Å². The minimum atomic E-state index is -1.10. The summed E-state index contributed by atoms with van der Waals surface area (Å²) in [6, 6.07) is 0. The molecule has 1 aromatic rings. The summed E-state index contributed by atoms with van der Waals surface area (Å²) < 4.78 is 0. The number of hydrogen-bond acceptors (Lipinski definition) is 6. The lowest BCUT2D eigenvalue weighted by atomic mass is 9.97. The van der Waals surface area contributed by atoms with E-state index < -0.39 is 11.5 Å². The number of aliphatic hydroxyl groups is 2. The van der Waals surface area contributed by atoms with Crippen molar-refractivity contribution < 1.29 is 20.1 Å².